The molecular formula is C23H26ClF3N2O2. The van der Waals surface area contributed by atoms with E-state index in [1.54, 1.807) is 0 Å². The quantitative estimate of drug-likeness (QED) is 0.515. The Morgan fingerprint density at radius 2 is 1.90 bits per heavy atom. The van der Waals surface area contributed by atoms with Crippen LogP contribution in [0.1, 0.15) is 12.8 Å². The predicted octanol–water partition coefficient (Wildman–Crippen LogP) is 5.06. The molecule has 0 aromatic heterocycles. The van der Waals surface area contributed by atoms with Crippen LogP contribution in [0.2, 0.25) is 0 Å². The normalized spacial score (nSPS) is 22.2. The van der Waals surface area contributed by atoms with E-state index in [4.69, 9.17) is 16.3 Å². The summed E-state index contributed by atoms with van der Waals surface area (Å²) >= 11 is 5.67. The molecule has 1 aliphatic carbocycles. The van der Waals surface area contributed by atoms with Gasteiger partial charge in [0.05, 0.1) is 13.0 Å². The summed E-state index contributed by atoms with van der Waals surface area (Å²) in [6, 6.07) is 2.07. The molecule has 168 valence electrons. The molecule has 1 saturated heterocycles. The third-order valence-electron chi connectivity index (χ3n) is 5.72. The summed E-state index contributed by atoms with van der Waals surface area (Å²) in [5.74, 6) is -3.92. The first-order chi connectivity index (χ1) is 14.7. The van der Waals surface area contributed by atoms with Crippen molar-refractivity contribution in [2.24, 2.45) is 17.8 Å². The average Bonchev–Trinajstić information content (AvgIpc) is 3.42. The van der Waals surface area contributed by atoms with Gasteiger partial charge in [-0.15, -0.1) is 0 Å². The van der Waals surface area contributed by atoms with E-state index in [2.05, 4.69) is 11.5 Å². The Kier molecular flexibility index (Phi) is 7.49. The van der Waals surface area contributed by atoms with E-state index in [1.165, 1.54) is 30.2 Å². The number of likely N-dealkylation sites (tertiary alicyclic amines) is 1. The van der Waals surface area contributed by atoms with Gasteiger partial charge < -0.3 is 14.5 Å². The second-order valence-corrected chi connectivity index (χ2v) is 8.56. The highest BCUT2D eigenvalue weighted by molar-refractivity contribution is 6.30. The van der Waals surface area contributed by atoms with Crippen molar-refractivity contribution in [2.75, 3.05) is 38.7 Å². The number of benzene rings is 1. The van der Waals surface area contributed by atoms with Crippen LogP contribution in [0.15, 0.2) is 47.8 Å². The monoisotopic (exact) mass is 454 g/mol. The predicted molar refractivity (Wildman–Crippen MR) is 116 cm³/mol. The van der Waals surface area contributed by atoms with Crippen molar-refractivity contribution in [2.45, 2.75) is 12.8 Å². The lowest BCUT2D eigenvalue weighted by Gasteiger charge is -2.24. The van der Waals surface area contributed by atoms with Gasteiger partial charge in [-0.05, 0) is 30.9 Å². The topological polar surface area (TPSA) is 32.8 Å². The number of ether oxygens (including phenoxy) is 1. The largest absolute Gasteiger partial charge is 0.491 e. The molecule has 1 unspecified atom stereocenters. The molecule has 2 aliphatic rings. The van der Waals surface area contributed by atoms with Crippen LogP contribution in [-0.2, 0) is 4.79 Å². The van der Waals surface area contributed by atoms with Crippen molar-refractivity contribution >= 4 is 23.2 Å². The summed E-state index contributed by atoms with van der Waals surface area (Å²) in [6.45, 7) is 5.13. The van der Waals surface area contributed by atoms with Crippen LogP contribution in [-0.4, -0.2) is 44.6 Å². The van der Waals surface area contributed by atoms with E-state index in [0.717, 1.165) is 38.6 Å². The lowest BCUT2D eigenvalue weighted by molar-refractivity contribution is -0.122. The summed E-state index contributed by atoms with van der Waals surface area (Å²) in [6.07, 6.45) is 6.48. The molecule has 31 heavy (non-hydrogen) atoms. The molecule has 0 spiro atoms. The molecule has 1 aliphatic heterocycles. The summed E-state index contributed by atoms with van der Waals surface area (Å²) in [4.78, 5) is 16.5. The third kappa shape index (κ3) is 5.71. The fourth-order valence-corrected chi connectivity index (χ4v) is 3.98. The van der Waals surface area contributed by atoms with Gasteiger partial charge in [-0.1, -0.05) is 24.3 Å². The first-order valence-electron chi connectivity index (χ1n) is 10.1. The summed E-state index contributed by atoms with van der Waals surface area (Å²) in [5, 5.41) is 0.266. The molecule has 0 radical (unpaired) electrons. The maximum Gasteiger partial charge on any atom is 0.231 e. The zero-order valence-corrected chi connectivity index (χ0v) is 18.3. The van der Waals surface area contributed by atoms with Crippen LogP contribution in [0.3, 0.4) is 0 Å². The Labute approximate surface area is 185 Å². The summed E-state index contributed by atoms with van der Waals surface area (Å²) < 4.78 is 47.9. The second kappa shape index (κ2) is 9.92. The highest BCUT2D eigenvalue weighted by Crippen LogP contribution is 2.37. The van der Waals surface area contributed by atoms with Crippen molar-refractivity contribution in [3.63, 3.8) is 0 Å². The van der Waals surface area contributed by atoms with Gasteiger partial charge in [0.25, 0.3) is 0 Å². The molecule has 3 rings (SSSR count). The molecule has 1 saturated carbocycles. The Balaban J connectivity index is 1.83. The number of rotatable bonds is 8. The number of carbonyl (C=O) groups excluding carboxylic acids is 1. The molecular weight excluding hydrogens is 429 g/mol. The Hall–Kier alpha value is -2.25. The number of methoxy groups -OCH3 is 1. The Bertz CT molecular complexity index is 891. The van der Waals surface area contributed by atoms with E-state index in [-0.39, 0.29) is 10.7 Å². The number of hydrogen-bond donors (Lipinski definition) is 0. The van der Waals surface area contributed by atoms with Crippen LogP contribution < -0.4 is 9.64 Å². The Morgan fingerprint density at radius 3 is 2.45 bits per heavy atom. The Morgan fingerprint density at radius 1 is 1.29 bits per heavy atom. The number of hydrogen-bond acceptors (Lipinski definition) is 3. The van der Waals surface area contributed by atoms with Gasteiger partial charge in [-0.2, -0.15) is 0 Å². The number of halogens is 4. The molecule has 1 heterocycles. The van der Waals surface area contributed by atoms with Crippen molar-refractivity contribution in [1.29, 1.82) is 0 Å². The van der Waals surface area contributed by atoms with Gasteiger partial charge >= 0.3 is 0 Å². The first kappa shape index (κ1) is 23.4. The van der Waals surface area contributed by atoms with Gasteiger partial charge in [0.15, 0.2) is 17.4 Å². The van der Waals surface area contributed by atoms with E-state index < -0.39 is 41.0 Å². The third-order valence-corrected chi connectivity index (χ3v) is 5.84. The van der Waals surface area contributed by atoms with Gasteiger partial charge in [0, 0.05) is 55.5 Å². The highest BCUT2D eigenvalue weighted by Gasteiger charge is 2.42. The summed E-state index contributed by atoms with van der Waals surface area (Å²) in [7, 11) is 2.60. The van der Waals surface area contributed by atoms with Gasteiger partial charge in [-0.3, -0.25) is 4.79 Å². The first-order valence-corrected chi connectivity index (χ1v) is 10.5. The van der Waals surface area contributed by atoms with E-state index >= 15 is 0 Å². The lowest BCUT2D eigenvalue weighted by atomic mass is 9.93. The minimum absolute atomic E-state index is 0.0444. The highest BCUT2D eigenvalue weighted by atomic mass is 35.5. The zero-order chi connectivity index (χ0) is 22.7. The molecule has 0 bridgehead atoms. The number of carbonyl (C=O) groups is 1. The van der Waals surface area contributed by atoms with Gasteiger partial charge in [0.1, 0.15) is 5.83 Å². The van der Waals surface area contributed by atoms with Crippen molar-refractivity contribution in [3.05, 3.63) is 59.4 Å². The maximum absolute atomic E-state index is 15.0. The summed E-state index contributed by atoms with van der Waals surface area (Å²) in [5.41, 5.74) is 0.0444. The zero-order valence-electron chi connectivity index (χ0n) is 17.6. The molecule has 0 N–H and O–H groups in total. The standard InChI is InChI=1S/C23H26ClF3N2O2/c1-14(24)5-4-6-19(25)17-12-29(11-15-7-8-15)13-18(17)23(30)28(2)16-9-20(26)22(31-3)21(27)10-16/h4-6,9-10,15,17-18H,1,7-8,11-13H2,2-3H3/b5-4-,19-6-/t17?,18-/m1/s1. The van der Waals surface area contributed by atoms with Crippen molar-refractivity contribution in [1.82, 2.24) is 4.90 Å². The molecule has 2 fully saturated rings. The van der Waals surface area contributed by atoms with Gasteiger partial charge in [-0.25, -0.2) is 13.2 Å². The van der Waals surface area contributed by atoms with Gasteiger partial charge in [0.2, 0.25) is 5.91 Å². The van der Waals surface area contributed by atoms with Crippen LogP contribution in [0.5, 0.6) is 5.75 Å². The number of amides is 1. The smallest absolute Gasteiger partial charge is 0.231 e. The van der Waals surface area contributed by atoms with E-state index in [9.17, 15) is 18.0 Å². The fraction of sp³-hybridized carbons (Fsp3) is 0.435. The molecule has 2 atom stereocenters. The molecule has 1 aromatic carbocycles. The van der Waals surface area contributed by atoms with Crippen molar-refractivity contribution in [3.8, 4) is 5.75 Å². The molecule has 1 aromatic rings. The fourth-order valence-electron chi connectivity index (χ4n) is 3.91. The van der Waals surface area contributed by atoms with Crippen molar-refractivity contribution < 1.29 is 22.7 Å². The molecule has 4 nitrogen and oxygen atoms in total. The number of nitrogens with zero attached hydrogens (tertiary/aromatic N) is 2. The maximum atomic E-state index is 15.0. The van der Waals surface area contributed by atoms with Crippen LogP contribution >= 0.6 is 11.6 Å². The SMILES string of the molecule is C=C(Cl)/C=C\C=C(/F)C1CN(CC2CC2)C[C@H]1C(=O)N(C)c1cc(F)c(OC)c(F)c1. The second-order valence-electron chi connectivity index (χ2n) is 8.07. The lowest BCUT2D eigenvalue weighted by Crippen LogP contribution is -2.37. The number of anilines is 1. The number of allylic oxidation sites excluding steroid dienone is 4. The molecule has 8 heteroatoms. The van der Waals surface area contributed by atoms with Crippen LogP contribution in [0.4, 0.5) is 18.9 Å². The average molecular weight is 455 g/mol. The van der Waals surface area contributed by atoms with E-state index in [1.807, 2.05) is 0 Å². The van der Waals surface area contributed by atoms with Crippen LogP contribution in [0, 0.1) is 29.4 Å². The molecule has 1 amide bonds. The van der Waals surface area contributed by atoms with E-state index in [0.29, 0.717) is 19.0 Å². The van der Waals surface area contributed by atoms with Crippen LogP contribution in [0.25, 0.3) is 0 Å². The minimum Gasteiger partial charge on any atom is -0.491 e. The minimum atomic E-state index is -0.909.